The van der Waals surface area contributed by atoms with Gasteiger partial charge in [0.2, 0.25) is 0 Å². The number of methoxy groups -OCH3 is 1. The molecule has 20 heavy (non-hydrogen) atoms. The topological polar surface area (TPSA) is 42.2 Å². The highest BCUT2D eigenvalue weighted by atomic mass is 16.5. The number of ether oxygens (including phenoxy) is 2. The van der Waals surface area contributed by atoms with Crippen LogP contribution < -0.4 is 9.47 Å². The molecule has 3 nitrogen and oxygen atoms in total. The minimum Gasteiger partial charge on any atom is -0.495 e. The van der Waals surface area contributed by atoms with Crippen LogP contribution in [0.25, 0.3) is 0 Å². The first-order chi connectivity index (χ1) is 9.62. The number of hydrogen-bond donors (Lipinski definition) is 0. The maximum Gasteiger partial charge on any atom is 0.136 e. The summed E-state index contributed by atoms with van der Waals surface area (Å²) in [5, 5.41) is 9.06. The van der Waals surface area contributed by atoms with Gasteiger partial charge in [0.15, 0.2) is 0 Å². The molecule has 0 radical (unpaired) electrons. The van der Waals surface area contributed by atoms with Gasteiger partial charge in [0, 0.05) is 0 Å². The van der Waals surface area contributed by atoms with E-state index in [-0.39, 0.29) is 0 Å². The third-order valence-corrected chi connectivity index (χ3v) is 2.99. The Balaban J connectivity index is 2.13. The molecule has 0 aliphatic rings. The maximum atomic E-state index is 9.06. The van der Waals surface area contributed by atoms with E-state index in [0.29, 0.717) is 17.9 Å². The lowest BCUT2D eigenvalue weighted by atomic mass is 10.1. The molecule has 0 fully saturated rings. The van der Waals surface area contributed by atoms with Gasteiger partial charge in [0.1, 0.15) is 24.2 Å². The van der Waals surface area contributed by atoms with Crippen LogP contribution in [-0.2, 0) is 6.61 Å². The minimum absolute atomic E-state index is 0.432. The zero-order chi connectivity index (χ0) is 14.5. The highest BCUT2D eigenvalue weighted by molar-refractivity contribution is 5.45. The van der Waals surface area contributed by atoms with Gasteiger partial charge in [-0.25, -0.2) is 0 Å². The van der Waals surface area contributed by atoms with Crippen LogP contribution in [0.4, 0.5) is 0 Å². The summed E-state index contributed by atoms with van der Waals surface area (Å²) >= 11 is 0. The lowest BCUT2D eigenvalue weighted by Crippen LogP contribution is -1.98. The third-order valence-electron chi connectivity index (χ3n) is 2.99. The number of benzene rings is 2. The van der Waals surface area contributed by atoms with Crippen LogP contribution in [0.1, 0.15) is 22.3 Å². The third kappa shape index (κ3) is 3.30. The van der Waals surface area contributed by atoms with Crippen molar-refractivity contribution in [1.82, 2.24) is 0 Å². The van der Waals surface area contributed by atoms with E-state index in [9.17, 15) is 0 Å². The van der Waals surface area contributed by atoms with Crippen molar-refractivity contribution in [3.63, 3.8) is 0 Å². The van der Waals surface area contributed by atoms with Crippen LogP contribution in [0.2, 0.25) is 0 Å². The summed E-state index contributed by atoms with van der Waals surface area (Å²) in [5.41, 5.74) is 3.82. The van der Waals surface area contributed by atoms with Gasteiger partial charge < -0.3 is 9.47 Å². The van der Waals surface area contributed by atoms with E-state index >= 15 is 0 Å². The normalized spacial score (nSPS) is 9.90. The SMILES string of the molecule is COc1ccc(COc2cc(C)cc(C)c2)cc1C#N. The summed E-state index contributed by atoms with van der Waals surface area (Å²) in [6.07, 6.45) is 0. The fourth-order valence-electron chi connectivity index (χ4n) is 2.12. The molecule has 0 bridgehead atoms. The van der Waals surface area contributed by atoms with Crippen molar-refractivity contribution in [3.05, 3.63) is 58.7 Å². The summed E-state index contributed by atoms with van der Waals surface area (Å²) in [6, 6.07) is 13.7. The Morgan fingerprint density at radius 2 is 1.75 bits per heavy atom. The quantitative estimate of drug-likeness (QED) is 0.847. The first-order valence-electron chi connectivity index (χ1n) is 6.40. The Labute approximate surface area is 119 Å². The number of hydrogen-bond acceptors (Lipinski definition) is 3. The smallest absolute Gasteiger partial charge is 0.136 e. The zero-order valence-corrected chi connectivity index (χ0v) is 11.9. The second-order valence-corrected chi connectivity index (χ2v) is 4.76. The van der Waals surface area contributed by atoms with Crippen LogP contribution in [-0.4, -0.2) is 7.11 Å². The number of nitrogens with zero attached hydrogens (tertiary/aromatic N) is 1. The molecule has 2 rings (SSSR count). The van der Waals surface area contributed by atoms with Crippen LogP contribution in [0.3, 0.4) is 0 Å². The van der Waals surface area contributed by atoms with Crippen molar-refractivity contribution in [2.75, 3.05) is 7.11 Å². The molecule has 2 aromatic carbocycles. The fourth-order valence-corrected chi connectivity index (χ4v) is 2.12. The first-order valence-corrected chi connectivity index (χ1v) is 6.40. The Bertz CT molecular complexity index is 636. The van der Waals surface area contributed by atoms with E-state index in [1.807, 2.05) is 32.0 Å². The number of rotatable bonds is 4. The molecule has 0 saturated carbocycles. The summed E-state index contributed by atoms with van der Waals surface area (Å²) in [5.74, 6) is 1.43. The molecule has 0 N–H and O–H groups in total. The Morgan fingerprint density at radius 1 is 1.05 bits per heavy atom. The largest absolute Gasteiger partial charge is 0.495 e. The standard InChI is InChI=1S/C17H17NO2/c1-12-6-13(2)8-16(7-12)20-11-14-4-5-17(19-3)15(9-14)10-18/h4-9H,11H2,1-3H3. The van der Waals surface area contributed by atoms with Crippen LogP contribution in [0.5, 0.6) is 11.5 Å². The lowest BCUT2D eigenvalue weighted by Gasteiger charge is -2.09. The molecule has 0 aliphatic heterocycles. The van der Waals surface area contributed by atoms with Gasteiger partial charge in [0.05, 0.1) is 12.7 Å². The van der Waals surface area contributed by atoms with Gasteiger partial charge in [-0.3, -0.25) is 0 Å². The van der Waals surface area contributed by atoms with E-state index < -0.39 is 0 Å². The highest BCUT2D eigenvalue weighted by Crippen LogP contribution is 2.21. The first kappa shape index (κ1) is 14.0. The zero-order valence-electron chi connectivity index (χ0n) is 11.9. The molecule has 2 aromatic rings. The number of nitriles is 1. The van der Waals surface area contributed by atoms with Crippen molar-refractivity contribution >= 4 is 0 Å². The Hall–Kier alpha value is -2.47. The summed E-state index contributed by atoms with van der Waals surface area (Å²) < 4.78 is 10.9. The van der Waals surface area contributed by atoms with Crippen molar-refractivity contribution in [2.45, 2.75) is 20.5 Å². The molecular formula is C17H17NO2. The van der Waals surface area contributed by atoms with E-state index in [4.69, 9.17) is 14.7 Å². The van der Waals surface area contributed by atoms with Crippen molar-refractivity contribution in [3.8, 4) is 17.6 Å². The molecule has 0 amide bonds. The lowest BCUT2D eigenvalue weighted by molar-refractivity contribution is 0.305. The predicted octanol–water partition coefficient (Wildman–Crippen LogP) is 3.76. The summed E-state index contributed by atoms with van der Waals surface area (Å²) in [7, 11) is 1.56. The molecule has 0 saturated heterocycles. The summed E-state index contributed by atoms with van der Waals surface area (Å²) in [6.45, 7) is 4.52. The molecule has 0 spiro atoms. The molecule has 3 heteroatoms. The van der Waals surface area contributed by atoms with Gasteiger partial charge >= 0.3 is 0 Å². The van der Waals surface area contributed by atoms with E-state index in [2.05, 4.69) is 12.1 Å². The summed E-state index contributed by atoms with van der Waals surface area (Å²) in [4.78, 5) is 0. The van der Waals surface area contributed by atoms with Crippen LogP contribution in [0, 0.1) is 25.2 Å². The molecule has 102 valence electrons. The van der Waals surface area contributed by atoms with E-state index in [0.717, 1.165) is 11.3 Å². The van der Waals surface area contributed by atoms with E-state index in [1.54, 1.807) is 19.2 Å². The molecule has 0 heterocycles. The van der Waals surface area contributed by atoms with Crippen molar-refractivity contribution in [2.24, 2.45) is 0 Å². The molecule has 0 atom stereocenters. The fraction of sp³-hybridized carbons (Fsp3) is 0.235. The molecule has 0 aliphatic carbocycles. The maximum absolute atomic E-state index is 9.06. The molecular weight excluding hydrogens is 250 g/mol. The molecule has 0 unspecified atom stereocenters. The van der Waals surface area contributed by atoms with Gasteiger partial charge in [-0.2, -0.15) is 5.26 Å². The van der Waals surface area contributed by atoms with Crippen molar-refractivity contribution < 1.29 is 9.47 Å². The Morgan fingerprint density at radius 3 is 2.35 bits per heavy atom. The highest BCUT2D eigenvalue weighted by Gasteiger charge is 2.04. The average Bonchev–Trinajstić information content (AvgIpc) is 2.43. The number of aryl methyl sites for hydroxylation is 2. The second-order valence-electron chi connectivity index (χ2n) is 4.76. The predicted molar refractivity (Wildman–Crippen MR) is 78.0 cm³/mol. The van der Waals surface area contributed by atoms with Crippen molar-refractivity contribution in [1.29, 1.82) is 5.26 Å². The van der Waals surface area contributed by atoms with Gasteiger partial charge in [-0.1, -0.05) is 12.1 Å². The Kier molecular flexibility index (Phi) is 4.27. The van der Waals surface area contributed by atoms with E-state index in [1.165, 1.54) is 11.1 Å². The minimum atomic E-state index is 0.432. The second kappa shape index (κ2) is 6.12. The van der Waals surface area contributed by atoms with Crippen LogP contribution >= 0.6 is 0 Å². The van der Waals surface area contributed by atoms with Crippen LogP contribution in [0.15, 0.2) is 36.4 Å². The van der Waals surface area contributed by atoms with Gasteiger partial charge in [-0.15, -0.1) is 0 Å². The van der Waals surface area contributed by atoms with Gasteiger partial charge in [0.25, 0.3) is 0 Å². The monoisotopic (exact) mass is 267 g/mol. The average molecular weight is 267 g/mol. The van der Waals surface area contributed by atoms with Gasteiger partial charge in [-0.05, 0) is 54.8 Å². The molecule has 0 aromatic heterocycles.